The highest BCUT2D eigenvalue weighted by atomic mass is 32.2. The van der Waals surface area contributed by atoms with Crippen molar-refractivity contribution in [2.75, 3.05) is 12.4 Å². The Balaban J connectivity index is 1.41. The maximum Gasteiger partial charge on any atom is 0.316 e. The van der Waals surface area contributed by atoms with Crippen molar-refractivity contribution >= 4 is 23.6 Å². The monoisotopic (exact) mass is 397 g/mol. The molecule has 1 aliphatic rings. The van der Waals surface area contributed by atoms with Crippen LogP contribution in [0.1, 0.15) is 47.2 Å². The highest BCUT2D eigenvalue weighted by molar-refractivity contribution is 8.00. The second-order valence-electron chi connectivity index (χ2n) is 7.37. The molecule has 5 heteroatoms. The summed E-state index contributed by atoms with van der Waals surface area (Å²) in [5.74, 6) is -0.459. The van der Waals surface area contributed by atoms with E-state index in [2.05, 4.69) is 36.5 Å². The number of esters is 1. The topological polar surface area (TPSA) is 55.4 Å². The average molecular weight is 398 g/mol. The number of carbonyl (C=O) groups excluding carboxylic acids is 2. The zero-order valence-electron chi connectivity index (χ0n) is 16.7. The number of ether oxygens (including phenoxy) is 1. The molecule has 0 saturated carbocycles. The smallest absolute Gasteiger partial charge is 0.316 e. The third-order valence-corrected chi connectivity index (χ3v) is 6.17. The molecule has 28 heavy (non-hydrogen) atoms. The van der Waals surface area contributed by atoms with Crippen molar-refractivity contribution in [3.63, 3.8) is 0 Å². The summed E-state index contributed by atoms with van der Waals surface area (Å²) in [5, 5.41) is 2.88. The SMILES string of the molecule is Cc1ccc([C@@H](C)NC(=O)COC(=O)CSc2ccc3c(c2)CCC3)cc1C. The van der Waals surface area contributed by atoms with Crippen LogP contribution in [0.15, 0.2) is 41.3 Å². The quantitative estimate of drug-likeness (QED) is 0.559. The third-order valence-electron chi connectivity index (χ3n) is 5.20. The number of hydrogen-bond acceptors (Lipinski definition) is 4. The Kier molecular flexibility index (Phi) is 6.79. The van der Waals surface area contributed by atoms with Crippen LogP contribution in [-0.2, 0) is 27.2 Å². The lowest BCUT2D eigenvalue weighted by molar-refractivity contribution is -0.146. The van der Waals surface area contributed by atoms with Gasteiger partial charge in [0, 0.05) is 4.90 Å². The number of hydrogen-bond donors (Lipinski definition) is 1. The molecule has 0 aromatic heterocycles. The van der Waals surface area contributed by atoms with Gasteiger partial charge in [-0.2, -0.15) is 0 Å². The maximum absolute atomic E-state index is 12.1. The van der Waals surface area contributed by atoms with Crippen LogP contribution in [-0.4, -0.2) is 24.2 Å². The van der Waals surface area contributed by atoms with E-state index in [4.69, 9.17) is 4.74 Å². The summed E-state index contributed by atoms with van der Waals surface area (Å²) in [6, 6.07) is 12.4. The first-order chi connectivity index (χ1) is 13.4. The van der Waals surface area contributed by atoms with Gasteiger partial charge in [-0.05, 0) is 80.0 Å². The van der Waals surface area contributed by atoms with Crippen LogP contribution in [0.4, 0.5) is 0 Å². The number of fused-ring (bicyclic) bond motifs is 1. The van der Waals surface area contributed by atoms with Crippen molar-refractivity contribution in [2.24, 2.45) is 0 Å². The van der Waals surface area contributed by atoms with E-state index in [-0.39, 0.29) is 30.3 Å². The van der Waals surface area contributed by atoms with Gasteiger partial charge in [0.2, 0.25) is 0 Å². The second-order valence-corrected chi connectivity index (χ2v) is 8.42. The van der Waals surface area contributed by atoms with Gasteiger partial charge in [0.05, 0.1) is 11.8 Å². The van der Waals surface area contributed by atoms with Crippen LogP contribution in [0.25, 0.3) is 0 Å². The molecule has 2 aromatic carbocycles. The van der Waals surface area contributed by atoms with Gasteiger partial charge in [-0.3, -0.25) is 9.59 Å². The van der Waals surface area contributed by atoms with E-state index in [1.807, 2.05) is 26.0 Å². The van der Waals surface area contributed by atoms with Gasteiger partial charge in [0.15, 0.2) is 6.61 Å². The Labute approximate surface area is 171 Å². The van der Waals surface area contributed by atoms with Crippen molar-refractivity contribution in [2.45, 2.75) is 51.0 Å². The molecule has 1 amide bonds. The number of rotatable bonds is 7. The van der Waals surface area contributed by atoms with Crippen molar-refractivity contribution in [1.82, 2.24) is 5.32 Å². The Morgan fingerprint density at radius 1 is 1.07 bits per heavy atom. The van der Waals surface area contributed by atoms with Gasteiger partial charge in [0.25, 0.3) is 5.91 Å². The van der Waals surface area contributed by atoms with Crippen LogP contribution in [0.2, 0.25) is 0 Å². The normalized spacial score (nSPS) is 13.7. The van der Waals surface area contributed by atoms with Crippen LogP contribution >= 0.6 is 11.8 Å². The van der Waals surface area contributed by atoms with Gasteiger partial charge >= 0.3 is 5.97 Å². The Hall–Kier alpha value is -2.27. The Morgan fingerprint density at radius 2 is 1.86 bits per heavy atom. The van der Waals surface area contributed by atoms with Crippen molar-refractivity contribution < 1.29 is 14.3 Å². The van der Waals surface area contributed by atoms with Gasteiger partial charge in [-0.1, -0.05) is 24.3 Å². The van der Waals surface area contributed by atoms with E-state index in [1.165, 1.54) is 40.4 Å². The average Bonchev–Trinajstić information content (AvgIpc) is 3.14. The van der Waals surface area contributed by atoms with E-state index in [0.717, 1.165) is 23.3 Å². The maximum atomic E-state index is 12.1. The molecule has 0 bridgehead atoms. The number of thioether (sulfide) groups is 1. The summed E-state index contributed by atoms with van der Waals surface area (Å²) in [6.07, 6.45) is 3.48. The third kappa shape index (κ3) is 5.38. The number of amides is 1. The molecule has 0 radical (unpaired) electrons. The summed E-state index contributed by atoms with van der Waals surface area (Å²) in [5.41, 5.74) is 6.25. The predicted octanol–water partition coefficient (Wildman–Crippen LogP) is 4.30. The summed E-state index contributed by atoms with van der Waals surface area (Å²) in [4.78, 5) is 25.1. The number of aryl methyl sites for hydroxylation is 4. The highest BCUT2D eigenvalue weighted by Gasteiger charge is 2.14. The van der Waals surface area contributed by atoms with E-state index >= 15 is 0 Å². The first kappa shape index (κ1) is 20.5. The molecular weight excluding hydrogens is 370 g/mol. The molecular formula is C23H27NO3S. The largest absolute Gasteiger partial charge is 0.455 e. The molecule has 1 aliphatic carbocycles. The van der Waals surface area contributed by atoms with Crippen LogP contribution in [0.3, 0.4) is 0 Å². The molecule has 3 rings (SSSR count). The molecule has 1 atom stereocenters. The van der Waals surface area contributed by atoms with Crippen LogP contribution in [0, 0.1) is 13.8 Å². The predicted molar refractivity (Wildman–Crippen MR) is 113 cm³/mol. The summed E-state index contributed by atoms with van der Waals surface area (Å²) in [6.45, 7) is 5.78. The van der Waals surface area contributed by atoms with E-state index < -0.39 is 0 Å². The lowest BCUT2D eigenvalue weighted by atomic mass is 10.0. The molecule has 0 aliphatic heterocycles. The van der Waals surface area contributed by atoms with E-state index in [9.17, 15) is 9.59 Å². The highest BCUT2D eigenvalue weighted by Crippen LogP contribution is 2.27. The van der Waals surface area contributed by atoms with Crippen molar-refractivity contribution in [3.8, 4) is 0 Å². The van der Waals surface area contributed by atoms with Crippen LogP contribution < -0.4 is 5.32 Å². The zero-order valence-corrected chi connectivity index (χ0v) is 17.5. The molecule has 2 aromatic rings. The molecule has 0 spiro atoms. The molecule has 0 unspecified atom stereocenters. The van der Waals surface area contributed by atoms with Gasteiger partial charge in [-0.25, -0.2) is 0 Å². The van der Waals surface area contributed by atoms with Gasteiger partial charge in [-0.15, -0.1) is 11.8 Å². The number of carbonyl (C=O) groups is 2. The molecule has 4 nitrogen and oxygen atoms in total. The standard InChI is InChI=1S/C23H27NO3S/c1-15-7-8-19(11-16(15)2)17(3)24-22(25)13-27-23(26)14-28-21-10-9-18-5-4-6-20(18)12-21/h7-12,17H,4-6,13-14H2,1-3H3,(H,24,25)/t17-/m1/s1. The van der Waals surface area contributed by atoms with Crippen molar-refractivity contribution in [3.05, 3.63) is 64.2 Å². The molecule has 148 valence electrons. The fourth-order valence-electron chi connectivity index (χ4n) is 3.37. The zero-order chi connectivity index (χ0) is 20.1. The lowest BCUT2D eigenvalue weighted by Crippen LogP contribution is -2.31. The Morgan fingerprint density at radius 3 is 2.64 bits per heavy atom. The minimum absolute atomic E-state index is 0.133. The number of nitrogens with one attached hydrogen (secondary N) is 1. The summed E-state index contributed by atoms with van der Waals surface area (Å²) >= 11 is 1.45. The Bertz CT molecular complexity index is 878. The minimum atomic E-state index is -0.375. The fourth-order valence-corrected chi connectivity index (χ4v) is 4.13. The molecule has 1 N–H and O–H groups in total. The van der Waals surface area contributed by atoms with E-state index in [0.29, 0.717) is 0 Å². The minimum Gasteiger partial charge on any atom is -0.455 e. The number of benzene rings is 2. The second kappa shape index (κ2) is 9.28. The van der Waals surface area contributed by atoms with Crippen molar-refractivity contribution in [1.29, 1.82) is 0 Å². The van der Waals surface area contributed by atoms with Gasteiger partial charge < -0.3 is 10.1 Å². The first-order valence-corrected chi connectivity index (χ1v) is 10.7. The molecule has 0 fully saturated rings. The lowest BCUT2D eigenvalue weighted by Gasteiger charge is -2.15. The summed E-state index contributed by atoms with van der Waals surface area (Å²) in [7, 11) is 0. The summed E-state index contributed by atoms with van der Waals surface area (Å²) < 4.78 is 5.13. The first-order valence-electron chi connectivity index (χ1n) is 9.69. The van der Waals surface area contributed by atoms with Gasteiger partial charge in [0.1, 0.15) is 0 Å². The fraction of sp³-hybridized carbons (Fsp3) is 0.391. The molecule has 0 saturated heterocycles. The van der Waals surface area contributed by atoms with Crippen LogP contribution in [0.5, 0.6) is 0 Å². The molecule has 0 heterocycles. The van der Waals surface area contributed by atoms with E-state index in [1.54, 1.807) is 0 Å².